The summed E-state index contributed by atoms with van der Waals surface area (Å²) in [5.74, 6) is -0.279. The number of hydrogen-bond donors (Lipinski definition) is 2. The minimum atomic E-state index is -1.35. The molecular formula is C41H39N3O2. The molecule has 1 amide bonds. The summed E-state index contributed by atoms with van der Waals surface area (Å²) in [5.41, 5.74) is 6.32. The number of aliphatic hydroxyl groups is 1. The van der Waals surface area contributed by atoms with Crippen LogP contribution in [0.15, 0.2) is 146 Å². The van der Waals surface area contributed by atoms with Crippen molar-refractivity contribution in [3.63, 3.8) is 0 Å². The van der Waals surface area contributed by atoms with E-state index in [1.165, 1.54) is 6.92 Å². The lowest BCUT2D eigenvalue weighted by Crippen LogP contribution is -2.37. The number of imidazole rings is 1. The van der Waals surface area contributed by atoms with Crippen molar-refractivity contribution in [3.05, 3.63) is 179 Å². The van der Waals surface area contributed by atoms with E-state index in [1.807, 2.05) is 94.0 Å². The summed E-state index contributed by atoms with van der Waals surface area (Å²) in [4.78, 5) is 16.7. The van der Waals surface area contributed by atoms with Gasteiger partial charge in [0.1, 0.15) is 11.1 Å². The lowest BCUT2D eigenvalue weighted by Gasteiger charge is -2.37. The zero-order chi connectivity index (χ0) is 32.3. The number of aromatic nitrogens is 2. The van der Waals surface area contributed by atoms with Crippen molar-refractivity contribution in [2.75, 3.05) is 5.32 Å². The Kier molecular flexibility index (Phi) is 8.44. The first-order valence-corrected chi connectivity index (χ1v) is 15.7. The van der Waals surface area contributed by atoms with Crippen molar-refractivity contribution in [1.82, 2.24) is 9.55 Å². The summed E-state index contributed by atoms with van der Waals surface area (Å²) in [6.45, 7) is 7.56. The van der Waals surface area contributed by atoms with Crippen molar-refractivity contribution in [3.8, 4) is 11.1 Å². The van der Waals surface area contributed by atoms with Gasteiger partial charge in [-0.1, -0.05) is 141 Å². The lowest BCUT2D eigenvalue weighted by molar-refractivity contribution is -0.114. The number of rotatable bonds is 9. The van der Waals surface area contributed by atoms with Crippen LogP contribution in [0.4, 0.5) is 5.69 Å². The number of benzene rings is 5. The molecule has 0 aliphatic rings. The maximum atomic E-state index is 12.6. The summed E-state index contributed by atoms with van der Waals surface area (Å²) >= 11 is 0. The van der Waals surface area contributed by atoms with Gasteiger partial charge in [0, 0.05) is 18.8 Å². The van der Waals surface area contributed by atoms with Crippen molar-refractivity contribution < 1.29 is 9.90 Å². The van der Waals surface area contributed by atoms with Gasteiger partial charge in [-0.3, -0.25) is 4.79 Å². The molecule has 1 aromatic heterocycles. The molecule has 0 spiro atoms. The van der Waals surface area contributed by atoms with Gasteiger partial charge in [-0.2, -0.15) is 0 Å². The number of amides is 1. The summed E-state index contributed by atoms with van der Waals surface area (Å²) in [5, 5.41) is 15.5. The van der Waals surface area contributed by atoms with Crippen LogP contribution >= 0.6 is 0 Å². The van der Waals surface area contributed by atoms with Crippen LogP contribution in [0.3, 0.4) is 0 Å². The predicted molar refractivity (Wildman–Crippen MR) is 186 cm³/mol. The first kappa shape index (κ1) is 30.8. The molecule has 230 valence electrons. The van der Waals surface area contributed by atoms with Crippen LogP contribution in [0.25, 0.3) is 11.1 Å². The fourth-order valence-electron chi connectivity index (χ4n) is 6.64. The molecule has 6 aromatic rings. The Balaban J connectivity index is 1.48. The van der Waals surface area contributed by atoms with Gasteiger partial charge in [-0.15, -0.1) is 0 Å². The van der Waals surface area contributed by atoms with Crippen LogP contribution in [0.2, 0.25) is 0 Å². The largest absolute Gasteiger partial charge is 0.378 e. The average Bonchev–Trinajstić information content (AvgIpc) is 3.58. The summed E-state index contributed by atoms with van der Waals surface area (Å²) in [6, 6.07) is 45.3. The Bertz CT molecular complexity index is 1830. The molecule has 0 saturated carbocycles. The van der Waals surface area contributed by atoms with Crippen LogP contribution in [-0.4, -0.2) is 20.6 Å². The van der Waals surface area contributed by atoms with E-state index in [9.17, 15) is 9.90 Å². The Labute approximate surface area is 271 Å². The van der Waals surface area contributed by atoms with E-state index < -0.39 is 11.1 Å². The van der Waals surface area contributed by atoms with Gasteiger partial charge >= 0.3 is 0 Å². The Hall–Kier alpha value is -5.26. The zero-order valence-electron chi connectivity index (χ0n) is 26.7. The molecule has 2 N–H and O–H groups in total. The molecule has 5 nitrogen and oxygen atoms in total. The minimum absolute atomic E-state index is 0.104. The van der Waals surface area contributed by atoms with Gasteiger partial charge in [0.15, 0.2) is 0 Å². The van der Waals surface area contributed by atoms with Crippen molar-refractivity contribution in [2.45, 2.75) is 38.8 Å². The van der Waals surface area contributed by atoms with E-state index in [4.69, 9.17) is 4.98 Å². The average molecular weight is 606 g/mol. The van der Waals surface area contributed by atoms with Gasteiger partial charge in [0.2, 0.25) is 5.91 Å². The standard InChI is InChI=1S/C41H39N3O2/c1-29(2)41(46,36-25-23-32(24-26-36)37-21-14-22-38(30(37)3)43-31(4)45)39-27-44(28-42-39)40(33-15-8-5-9-16-33,34-17-10-6-11-18-34)35-19-12-7-13-20-35/h5-29,46H,1-4H3,(H,43,45). The number of carbonyl (C=O) groups excluding carboxylic acids is 1. The molecule has 1 unspecified atom stereocenters. The second-order valence-electron chi connectivity index (χ2n) is 12.1. The molecule has 0 bridgehead atoms. The normalized spacial score (nSPS) is 12.9. The quantitative estimate of drug-likeness (QED) is 0.162. The van der Waals surface area contributed by atoms with Crippen molar-refractivity contribution in [1.29, 1.82) is 0 Å². The van der Waals surface area contributed by atoms with Gasteiger partial charge in [0.05, 0.1) is 12.0 Å². The summed E-state index contributed by atoms with van der Waals surface area (Å²) < 4.78 is 2.14. The molecular weight excluding hydrogens is 566 g/mol. The summed E-state index contributed by atoms with van der Waals surface area (Å²) in [6.07, 6.45) is 3.85. The SMILES string of the molecule is CC(=O)Nc1cccc(-c2ccc(C(O)(c3cn(C(c4ccccc4)(c4ccccc4)c4ccccc4)cn3)C(C)C)cc2)c1C. The highest BCUT2D eigenvalue weighted by molar-refractivity contribution is 5.91. The van der Waals surface area contributed by atoms with Crippen LogP contribution in [-0.2, 0) is 15.9 Å². The summed E-state index contributed by atoms with van der Waals surface area (Å²) in [7, 11) is 0. The first-order valence-electron chi connectivity index (χ1n) is 15.7. The Morgan fingerprint density at radius 3 is 1.72 bits per heavy atom. The molecule has 5 heteroatoms. The molecule has 0 aliphatic heterocycles. The third-order valence-corrected chi connectivity index (χ3v) is 9.05. The molecule has 46 heavy (non-hydrogen) atoms. The van der Waals surface area contributed by atoms with Gasteiger partial charge in [-0.05, 0) is 57.9 Å². The number of carbonyl (C=O) groups is 1. The van der Waals surface area contributed by atoms with Crippen LogP contribution in [0.1, 0.15) is 54.3 Å². The molecule has 0 radical (unpaired) electrons. The first-order chi connectivity index (χ1) is 22.3. The Morgan fingerprint density at radius 2 is 1.24 bits per heavy atom. The maximum absolute atomic E-state index is 12.6. The van der Waals surface area contributed by atoms with Crippen molar-refractivity contribution in [2.24, 2.45) is 5.92 Å². The lowest BCUT2D eigenvalue weighted by atomic mass is 9.76. The van der Waals surface area contributed by atoms with E-state index >= 15 is 0 Å². The van der Waals surface area contributed by atoms with E-state index in [2.05, 4.69) is 82.7 Å². The van der Waals surface area contributed by atoms with Crippen LogP contribution in [0.5, 0.6) is 0 Å². The molecule has 1 atom stereocenters. The molecule has 6 rings (SSSR count). The van der Waals surface area contributed by atoms with E-state index in [0.717, 1.165) is 44.6 Å². The third-order valence-electron chi connectivity index (χ3n) is 9.05. The number of nitrogens with one attached hydrogen (secondary N) is 1. The van der Waals surface area contributed by atoms with Gasteiger partial charge in [-0.25, -0.2) is 4.98 Å². The van der Waals surface area contributed by atoms with E-state index in [1.54, 1.807) is 0 Å². The number of nitrogens with zero attached hydrogens (tertiary/aromatic N) is 2. The highest BCUT2D eigenvalue weighted by Crippen LogP contribution is 2.43. The second-order valence-corrected chi connectivity index (χ2v) is 12.1. The fraction of sp³-hybridized carbons (Fsp3) is 0.171. The van der Waals surface area contributed by atoms with E-state index in [-0.39, 0.29) is 11.8 Å². The zero-order valence-corrected chi connectivity index (χ0v) is 26.7. The Morgan fingerprint density at radius 1 is 0.717 bits per heavy atom. The highest BCUT2D eigenvalue weighted by Gasteiger charge is 2.42. The molecule has 0 aliphatic carbocycles. The molecule has 0 fully saturated rings. The van der Waals surface area contributed by atoms with Crippen molar-refractivity contribution >= 4 is 11.6 Å². The predicted octanol–water partition coefficient (Wildman–Crippen LogP) is 8.55. The van der Waals surface area contributed by atoms with Gasteiger partial charge < -0.3 is 15.0 Å². The monoisotopic (exact) mass is 605 g/mol. The number of hydrogen-bond acceptors (Lipinski definition) is 3. The van der Waals surface area contributed by atoms with E-state index in [0.29, 0.717) is 5.69 Å². The van der Waals surface area contributed by atoms with Crippen LogP contribution in [0, 0.1) is 12.8 Å². The highest BCUT2D eigenvalue weighted by atomic mass is 16.3. The minimum Gasteiger partial charge on any atom is -0.378 e. The molecule has 1 heterocycles. The molecule has 0 saturated heterocycles. The smallest absolute Gasteiger partial charge is 0.221 e. The topological polar surface area (TPSA) is 67.2 Å². The third kappa shape index (κ3) is 5.33. The molecule has 5 aromatic carbocycles. The second kappa shape index (κ2) is 12.6. The van der Waals surface area contributed by atoms with Crippen LogP contribution < -0.4 is 5.32 Å². The van der Waals surface area contributed by atoms with Gasteiger partial charge in [0.25, 0.3) is 0 Å². The maximum Gasteiger partial charge on any atom is 0.221 e. The number of anilines is 1. The fourth-order valence-corrected chi connectivity index (χ4v) is 6.64.